The van der Waals surface area contributed by atoms with E-state index < -0.39 is 23.2 Å². The summed E-state index contributed by atoms with van der Waals surface area (Å²) in [6.45, 7) is 3.25. The molecule has 7 heteroatoms. The van der Waals surface area contributed by atoms with Crippen molar-refractivity contribution in [2.24, 2.45) is 0 Å². The van der Waals surface area contributed by atoms with Gasteiger partial charge in [-0.3, -0.25) is 9.59 Å². The van der Waals surface area contributed by atoms with E-state index in [1.54, 1.807) is 12.1 Å². The van der Waals surface area contributed by atoms with E-state index >= 15 is 0 Å². The first-order valence-corrected chi connectivity index (χ1v) is 7.55. The summed E-state index contributed by atoms with van der Waals surface area (Å²) in [6, 6.07) is 8.99. The lowest BCUT2D eigenvalue weighted by molar-refractivity contribution is -0.143. The van der Waals surface area contributed by atoms with Crippen molar-refractivity contribution in [1.82, 2.24) is 0 Å². The van der Waals surface area contributed by atoms with Crippen LogP contribution in [0.2, 0.25) is 5.02 Å². The molecule has 24 heavy (non-hydrogen) atoms. The van der Waals surface area contributed by atoms with Crippen LogP contribution in [0.4, 0.5) is 15.8 Å². The second-order valence-corrected chi connectivity index (χ2v) is 6.08. The van der Waals surface area contributed by atoms with Gasteiger partial charge >= 0.3 is 0 Å². The first-order valence-electron chi connectivity index (χ1n) is 7.17. The molecule has 2 N–H and O–H groups in total. The number of carbonyl (C=O) groups excluding carboxylic acids is 2. The van der Waals surface area contributed by atoms with Crippen LogP contribution in [-0.4, -0.2) is 17.4 Å². The van der Waals surface area contributed by atoms with Crippen molar-refractivity contribution in [1.29, 1.82) is 0 Å². The van der Waals surface area contributed by atoms with E-state index in [0.717, 1.165) is 11.6 Å². The van der Waals surface area contributed by atoms with Gasteiger partial charge in [0.2, 0.25) is 0 Å². The number of halogens is 2. The maximum Gasteiger partial charge on any atom is 0.278 e. The van der Waals surface area contributed by atoms with Crippen molar-refractivity contribution < 1.29 is 18.7 Å². The van der Waals surface area contributed by atoms with Gasteiger partial charge in [0.1, 0.15) is 11.6 Å². The molecule has 2 aromatic rings. The van der Waals surface area contributed by atoms with Gasteiger partial charge in [0, 0.05) is 5.69 Å². The number of benzene rings is 2. The Bertz CT molecular complexity index is 856. The van der Waals surface area contributed by atoms with Gasteiger partial charge in [-0.1, -0.05) is 17.7 Å². The number of carbonyl (C=O) groups is 2. The third kappa shape index (κ3) is 2.80. The van der Waals surface area contributed by atoms with Crippen LogP contribution in [0.3, 0.4) is 0 Å². The van der Waals surface area contributed by atoms with E-state index in [2.05, 4.69) is 10.6 Å². The van der Waals surface area contributed by atoms with E-state index in [4.69, 9.17) is 16.3 Å². The third-order valence-corrected chi connectivity index (χ3v) is 4.03. The highest BCUT2D eigenvalue weighted by atomic mass is 35.5. The Labute approximate surface area is 142 Å². The Morgan fingerprint density at radius 3 is 2.75 bits per heavy atom. The van der Waals surface area contributed by atoms with Gasteiger partial charge in [-0.2, -0.15) is 0 Å². The smallest absolute Gasteiger partial charge is 0.278 e. The van der Waals surface area contributed by atoms with E-state index in [0.29, 0.717) is 11.4 Å². The van der Waals surface area contributed by atoms with Gasteiger partial charge in [-0.05, 0) is 49.7 Å². The standard InChI is InChI=1S/C17H14ClFN2O3/c1-9-3-6-14-13(7-9)21-16(23)17(2,24-14)15(22)20-10-4-5-12(19)11(18)8-10/h3-8H,1-2H3,(H,20,22)(H,21,23). The van der Waals surface area contributed by atoms with Crippen LogP contribution in [0.5, 0.6) is 5.75 Å². The molecule has 124 valence electrons. The van der Waals surface area contributed by atoms with Crippen LogP contribution >= 0.6 is 11.6 Å². The van der Waals surface area contributed by atoms with Gasteiger partial charge in [0.15, 0.2) is 0 Å². The summed E-state index contributed by atoms with van der Waals surface area (Å²) in [7, 11) is 0. The zero-order chi connectivity index (χ0) is 17.5. The van der Waals surface area contributed by atoms with Crippen molar-refractivity contribution in [3.63, 3.8) is 0 Å². The highest BCUT2D eigenvalue weighted by Crippen LogP contribution is 2.35. The maximum atomic E-state index is 13.2. The minimum absolute atomic E-state index is 0.132. The molecule has 0 saturated heterocycles. The Balaban J connectivity index is 1.87. The van der Waals surface area contributed by atoms with Crippen LogP contribution in [0.15, 0.2) is 36.4 Å². The molecular weight excluding hydrogens is 335 g/mol. The molecule has 1 aliphatic heterocycles. The molecule has 2 amide bonds. The van der Waals surface area contributed by atoms with E-state index in [1.165, 1.54) is 19.1 Å². The molecule has 2 aromatic carbocycles. The van der Waals surface area contributed by atoms with E-state index in [9.17, 15) is 14.0 Å². The summed E-state index contributed by atoms with van der Waals surface area (Å²) in [4.78, 5) is 24.9. The summed E-state index contributed by atoms with van der Waals surface area (Å²) in [5.41, 5.74) is -0.0381. The van der Waals surface area contributed by atoms with E-state index in [-0.39, 0.29) is 10.7 Å². The van der Waals surface area contributed by atoms with E-state index in [1.807, 2.05) is 13.0 Å². The van der Waals surface area contributed by atoms with Crippen LogP contribution in [0, 0.1) is 12.7 Å². The fourth-order valence-corrected chi connectivity index (χ4v) is 2.49. The number of hydrogen-bond donors (Lipinski definition) is 2. The lowest BCUT2D eigenvalue weighted by Crippen LogP contribution is -2.56. The molecular formula is C17H14ClFN2O3. The number of nitrogens with one attached hydrogen (secondary N) is 2. The molecule has 0 aliphatic carbocycles. The monoisotopic (exact) mass is 348 g/mol. The minimum Gasteiger partial charge on any atom is -0.466 e. The zero-order valence-electron chi connectivity index (χ0n) is 12.9. The number of ether oxygens (including phenoxy) is 1. The normalized spacial score (nSPS) is 19.1. The Hall–Kier alpha value is -2.60. The molecule has 5 nitrogen and oxygen atoms in total. The van der Waals surface area contributed by atoms with Gasteiger partial charge in [-0.25, -0.2) is 4.39 Å². The molecule has 1 unspecified atom stereocenters. The summed E-state index contributed by atoms with van der Waals surface area (Å²) >= 11 is 5.69. The average molecular weight is 349 g/mol. The number of amides is 2. The number of aryl methyl sites for hydroxylation is 1. The number of anilines is 2. The van der Waals surface area contributed by atoms with Gasteiger partial charge in [-0.15, -0.1) is 0 Å². The fourth-order valence-electron chi connectivity index (χ4n) is 2.31. The summed E-state index contributed by atoms with van der Waals surface area (Å²) in [5, 5.41) is 5.05. The second-order valence-electron chi connectivity index (χ2n) is 5.67. The van der Waals surface area contributed by atoms with Gasteiger partial charge in [0.25, 0.3) is 17.4 Å². The Morgan fingerprint density at radius 1 is 1.29 bits per heavy atom. The second kappa shape index (κ2) is 5.79. The van der Waals surface area contributed by atoms with Crippen LogP contribution in [-0.2, 0) is 9.59 Å². The molecule has 0 fully saturated rings. The van der Waals surface area contributed by atoms with Crippen molar-refractivity contribution in [2.45, 2.75) is 19.4 Å². The fraction of sp³-hybridized carbons (Fsp3) is 0.176. The number of hydrogen-bond acceptors (Lipinski definition) is 3. The van der Waals surface area contributed by atoms with Crippen LogP contribution in [0.25, 0.3) is 0 Å². The molecule has 0 radical (unpaired) electrons. The van der Waals surface area contributed by atoms with Gasteiger partial charge < -0.3 is 15.4 Å². The molecule has 3 rings (SSSR count). The lowest BCUT2D eigenvalue weighted by atomic mass is 10.0. The predicted molar refractivity (Wildman–Crippen MR) is 88.9 cm³/mol. The highest BCUT2D eigenvalue weighted by molar-refractivity contribution is 6.31. The Morgan fingerprint density at radius 2 is 2.04 bits per heavy atom. The topological polar surface area (TPSA) is 67.4 Å². The zero-order valence-corrected chi connectivity index (χ0v) is 13.7. The third-order valence-electron chi connectivity index (χ3n) is 3.74. The maximum absolute atomic E-state index is 13.2. The molecule has 0 spiro atoms. The number of rotatable bonds is 2. The Kier molecular flexibility index (Phi) is 3.93. The van der Waals surface area contributed by atoms with Gasteiger partial charge in [0.05, 0.1) is 10.7 Å². The number of fused-ring (bicyclic) bond motifs is 1. The molecule has 1 aliphatic rings. The first-order chi connectivity index (χ1) is 11.3. The van der Waals surface area contributed by atoms with Crippen molar-refractivity contribution in [3.8, 4) is 5.75 Å². The summed E-state index contributed by atoms with van der Waals surface area (Å²) in [6.07, 6.45) is 0. The quantitative estimate of drug-likeness (QED) is 0.816. The van der Waals surface area contributed by atoms with Crippen molar-refractivity contribution >= 4 is 34.8 Å². The van der Waals surface area contributed by atoms with Crippen molar-refractivity contribution in [2.75, 3.05) is 10.6 Å². The SMILES string of the molecule is Cc1ccc2c(c1)NC(=O)C(C)(C(=O)Nc1ccc(F)c(Cl)c1)O2. The molecule has 0 aromatic heterocycles. The average Bonchev–Trinajstić information content (AvgIpc) is 2.52. The molecule has 0 bridgehead atoms. The minimum atomic E-state index is -1.76. The molecule has 1 heterocycles. The summed E-state index contributed by atoms with van der Waals surface area (Å²) in [5.74, 6) is -1.48. The predicted octanol–water partition coefficient (Wildman–Crippen LogP) is 3.52. The van der Waals surface area contributed by atoms with Crippen LogP contribution < -0.4 is 15.4 Å². The molecule has 1 atom stereocenters. The summed E-state index contributed by atoms with van der Waals surface area (Å²) < 4.78 is 18.8. The first kappa shape index (κ1) is 16.3. The lowest BCUT2D eigenvalue weighted by Gasteiger charge is -2.33. The van der Waals surface area contributed by atoms with Crippen molar-refractivity contribution in [3.05, 3.63) is 52.8 Å². The molecule has 0 saturated carbocycles. The van der Waals surface area contributed by atoms with Crippen LogP contribution in [0.1, 0.15) is 12.5 Å². The largest absolute Gasteiger partial charge is 0.466 e. The highest BCUT2D eigenvalue weighted by Gasteiger charge is 2.47.